The zero-order valence-corrected chi connectivity index (χ0v) is 48.6. The van der Waals surface area contributed by atoms with E-state index in [0.717, 1.165) is 57.8 Å². The zero-order chi connectivity index (χ0) is 52.0. The van der Waals surface area contributed by atoms with Crippen molar-refractivity contribution < 1.29 is 32.9 Å². The van der Waals surface area contributed by atoms with E-state index in [2.05, 4.69) is 55.6 Å². The number of quaternary nitrogens is 1. The quantitative estimate of drug-likeness (QED) is 0.0272. The molecule has 3 unspecified atom stereocenters. The predicted molar refractivity (Wildman–Crippen MR) is 307 cm³/mol. The van der Waals surface area contributed by atoms with Crippen molar-refractivity contribution in [2.45, 2.75) is 302 Å². The van der Waals surface area contributed by atoms with E-state index < -0.39 is 20.0 Å². The summed E-state index contributed by atoms with van der Waals surface area (Å²) in [6, 6.07) is -0.893. The SMILES string of the molecule is CCCCCCC/C=C\C/C=C\C/C=C\CCCCCCCCCCC(=O)NC(COP(=O)([O-])OCC[N+](C)(C)C)C(O)/C=C/CCCCCCCCCCCCCCCCCCCCCCCCCC. The minimum absolute atomic E-state index is 0.00329. The molecule has 3 atom stereocenters. The lowest BCUT2D eigenvalue weighted by molar-refractivity contribution is -0.870. The Bertz CT molecular complexity index is 1290. The number of aliphatic hydroxyl groups excluding tert-OH is 1. The largest absolute Gasteiger partial charge is 0.756 e. The third kappa shape index (κ3) is 56.0. The maximum absolute atomic E-state index is 13.0. The first-order valence-corrected chi connectivity index (χ1v) is 32.0. The highest BCUT2D eigenvalue weighted by Gasteiger charge is 2.23. The number of nitrogens with zero attached hydrogens (tertiary/aromatic N) is 1. The molecule has 0 saturated heterocycles. The van der Waals surface area contributed by atoms with Crippen LogP contribution in [0.15, 0.2) is 48.6 Å². The molecule has 0 radical (unpaired) electrons. The monoisotopic (exact) mass is 1020 g/mol. The summed E-state index contributed by atoms with van der Waals surface area (Å²) in [7, 11) is 1.26. The number of carbonyl (C=O) groups excluding carboxylic acids is 1. The highest BCUT2D eigenvalue weighted by Crippen LogP contribution is 2.38. The van der Waals surface area contributed by atoms with Crippen molar-refractivity contribution in [2.24, 2.45) is 0 Å². The fourth-order valence-electron chi connectivity index (χ4n) is 8.99. The lowest BCUT2D eigenvalue weighted by Crippen LogP contribution is -2.45. The molecule has 0 aromatic carbocycles. The smallest absolute Gasteiger partial charge is 0.268 e. The number of hydrogen-bond donors (Lipinski definition) is 2. The normalized spacial score (nSPS) is 14.2. The number of phosphoric ester groups is 1. The highest BCUT2D eigenvalue weighted by atomic mass is 31.2. The molecule has 9 heteroatoms. The van der Waals surface area contributed by atoms with Crippen molar-refractivity contribution in [1.82, 2.24) is 5.32 Å². The fraction of sp³-hybridized carbons (Fsp3) is 0.855. The summed E-state index contributed by atoms with van der Waals surface area (Å²) >= 11 is 0. The molecular formula is C62H119N2O6P. The van der Waals surface area contributed by atoms with Crippen LogP contribution in [0.3, 0.4) is 0 Å². The number of aliphatic hydroxyl groups is 1. The van der Waals surface area contributed by atoms with E-state index in [9.17, 15) is 19.4 Å². The Morgan fingerprint density at radius 2 is 0.817 bits per heavy atom. The van der Waals surface area contributed by atoms with Gasteiger partial charge in [-0.1, -0.05) is 274 Å². The Balaban J connectivity index is 4.20. The standard InChI is InChI=1S/C62H119N2O6P/c1-6-8-10-12-14-16-18-20-22-24-26-28-30-31-32-34-35-37-39-41-43-45-47-49-51-53-55-61(65)60(59-70-71(67,68)69-58-57-64(3,4)5)63-62(66)56-54-52-50-48-46-44-42-40-38-36-33-29-27-25-23-21-19-17-15-13-11-9-7-2/h19,21,25,27,33,36,53,55,60-61,65H,6-18,20,22-24,26,28-32,34-35,37-52,54,56-59H2,1-5H3,(H-,63,66,67,68)/b21-19-,27-25-,36-33-,55-53+. The number of rotatable bonds is 56. The van der Waals surface area contributed by atoms with Crippen LogP contribution in [0.1, 0.15) is 290 Å². The number of carbonyl (C=O) groups is 1. The second kappa shape index (κ2) is 53.3. The van der Waals surface area contributed by atoms with Crippen LogP contribution in [0, 0.1) is 0 Å². The number of hydrogen-bond acceptors (Lipinski definition) is 6. The molecule has 2 N–H and O–H groups in total. The molecule has 71 heavy (non-hydrogen) atoms. The molecule has 0 aromatic rings. The average Bonchev–Trinajstić information content (AvgIpc) is 3.33. The van der Waals surface area contributed by atoms with Crippen LogP contribution in [0.25, 0.3) is 0 Å². The molecule has 0 aromatic heterocycles. The minimum Gasteiger partial charge on any atom is -0.756 e. The number of allylic oxidation sites excluding steroid dienone is 7. The van der Waals surface area contributed by atoms with Gasteiger partial charge < -0.3 is 28.8 Å². The van der Waals surface area contributed by atoms with E-state index >= 15 is 0 Å². The van der Waals surface area contributed by atoms with Gasteiger partial charge in [-0.3, -0.25) is 9.36 Å². The summed E-state index contributed by atoms with van der Waals surface area (Å²) < 4.78 is 23.4. The summed E-state index contributed by atoms with van der Waals surface area (Å²) in [5.74, 6) is -0.202. The number of phosphoric acid groups is 1. The van der Waals surface area contributed by atoms with Gasteiger partial charge in [0.15, 0.2) is 0 Å². The van der Waals surface area contributed by atoms with E-state index in [1.54, 1.807) is 6.08 Å². The highest BCUT2D eigenvalue weighted by molar-refractivity contribution is 7.45. The Labute approximate surface area is 441 Å². The number of nitrogens with one attached hydrogen (secondary N) is 1. The Morgan fingerprint density at radius 3 is 1.18 bits per heavy atom. The van der Waals surface area contributed by atoms with Crippen molar-refractivity contribution in [2.75, 3.05) is 40.9 Å². The molecule has 0 aliphatic heterocycles. The molecule has 0 rings (SSSR count). The first kappa shape index (κ1) is 69.5. The fourth-order valence-corrected chi connectivity index (χ4v) is 9.71. The van der Waals surface area contributed by atoms with Crippen LogP contribution in [-0.2, 0) is 18.4 Å². The number of unbranched alkanes of at least 4 members (excludes halogenated alkanes) is 37. The molecule has 1 amide bonds. The zero-order valence-electron chi connectivity index (χ0n) is 47.7. The molecule has 418 valence electrons. The second-order valence-corrected chi connectivity index (χ2v) is 23.5. The van der Waals surface area contributed by atoms with E-state index in [-0.39, 0.29) is 19.1 Å². The molecular weight excluding hydrogens is 900 g/mol. The molecule has 0 spiro atoms. The van der Waals surface area contributed by atoms with Crippen molar-refractivity contribution in [3.8, 4) is 0 Å². The van der Waals surface area contributed by atoms with Crippen LogP contribution >= 0.6 is 7.82 Å². The topological polar surface area (TPSA) is 108 Å². The van der Waals surface area contributed by atoms with Crippen molar-refractivity contribution in [1.29, 1.82) is 0 Å². The number of likely N-dealkylation sites (N-methyl/N-ethyl adjacent to an activating group) is 1. The first-order chi connectivity index (χ1) is 34.5. The van der Waals surface area contributed by atoms with Gasteiger partial charge in [0.25, 0.3) is 7.82 Å². The van der Waals surface area contributed by atoms with Crippen molar-refractivity contribution in [3.63, 3.8) is 0 Å². The third-order valence-electron chi connectivity index (χ3n) is 13.8. The van der Waals surface area contributed by atoms with Gasteiger partial charge in [-0.15, -0.1) is 0 Å². The average molecular weight is 1020 g/mol. The molecule has 8 nitrogen and oxygen atoms in total. The van der Waals surface area contributed by atoms with Crippen molar-refractivity contribution in [3.05, 3.63) is 48.6 Å². The maximum atomic E-state index is 13.0. The van der Waals surface area contributed by atoms with E-state index in [1.165, 1.54) is 212 Å². The van der Waals surface area contributed by atoms with Crippen LogP contribution < -0.4 is 10.2 Å². The lowest BCUT2D eigenvalue weighted by atomic mass is 10.0. The summed E-state index contributed by atoms with van der Waals surface area (Å²) in [6.45, 7) is 4.66. The second-order valence-electron chi connectivity index (χ2n) is 22.1. The Kier molecular flexibility index (Phi) is 52.1. The third-order valence-corrected chi connectivity index (χ3v) is 14.7. The summed E-state index contributed by atoms with van der Waals surface area (Å²) in [6.07, 6.45) is 70.5. The maximum Gasteiger partial charge on any atom is 0.268 e. The summed E-state index contributed by atoms with van der Waals surface area (Å²) in [4.78, 5) is 25.5. The van der Waals surface area contributed by atoms with Gasteiger partial charge in [0.05, 0.1) is 39.9 Å². The van der Waals surface area contributed by atoms with Gasteiger partial charge in [-0.2, -0.15) is 0 Å². The Hall–Kier alpha value is -1.54. The van der Waals surface area contributed by atoms with Gasteiger partial charge in [-0.05, 0) is 57.8 Å². The van der Waals surface area contributed by atoms with Gasteiger partial charge in [0.2, 0.25) is 5.91 Å². The van der Waals surface area contributed by atoms with E-state index in [1.807, 2.05) is 27.2 Å². The molecule has 0 fully saturated rings. The van der Waals surface area contributed by atoms with Gasteiger partial charge >= 0.3 is 0 Å². The Morgan fingerprint density at radius 1 is 0.493 bits per heavy atom. The number of amides is 1. The van der Waals surface area contributed by atoms with Crippen LogP contribution in [-0.4, -0.2) is 68.5 Å². The summed E-state index contributed by atoms with van der Waals surface area (Å²) in [5, 5.41) is 13.9. The molecule has 0 heterocycles. The molecule has 0 saturated carbocycles. The molecule has 0 aliphatic carbocycles. The lowest BCUT2D eigenvalue weighted by Gasteiger charge is -2.29. The van der Waals surface area contributed by atoms with Crippen molar-refractivity contribution >= 4 is 13.7 Å². The summed E-state index contributed by atoms with van der Waals surface area (Å²) in [5.41, 5.74) is 0. The van der Waals surface area contributed by atoms with Gasteiger partial charge in [0, 0.05) is 6.42 Å². The van der Waals surface area contributed by atoms with Gasteiger partial charge in [-0.25, -0.2) is 0 Å². The van der Waals surface area contributed by atoms with Crippen LogP contribution in [0.5, 0.6) is 0 Å². The minimum atomic E-state index is -4.60. The van der Waals surface area contributed by atoms with E-state index in [4.69, 9.17) is 9.05 Å². The first-order valence-electron chi connectivity index (χ1n) is 30.5. The van der Waals surface area contributed by atoms with E-state index in [0.29, 0.717) is 17.4 Å². The van der Waals surface area contributed by atoms with Crippen LogP contribution in [0.2, 0.25) is 0 Å². The van der Waals surface area contributed by atoms with Gasteiger partial charge in [0.1, 0.15) is 13.2 Å². The predicted octanol–water partition coefficient (Wildman–Crippen LogP) is 18.1. The van der Waals surface area contributed by atoms with Crippen LogP contribution in [0.4, 0.5) is 0 Å². The molecule has 0 bridgehead atoms. The molecule has 0 aliphatic rings.